The van der Waals surface area contributed by atoms with Crippen LogP contribution in [0.4, 0.5) is 4.39 Å². The molecule has 152 valence electrons. The van der Waals surface area contributed by atoms with E-state index in [9.17, 15) is 9.18 Å². The maximum atomic E-state index is 13.2. The fraction of sp³-hybridized carbons (Fsp3) is 0.227. The number of nitriles is 1. The average molecular weight is 405 g/mol. The third kappa shape index (κ3) is 3.75. The van der Waals surface area contributed by atoms with Gasteiger partial charge >= 0.3 is 0 Å². The van der Waals surface area contributed by atoms with E-state index < -0.39 is 12.9 Å². The van der Waals surface area contributed by atoms with Crippen LogP contribution < -0.4 is 10.8 Å². The van der Waals surface area contributed by atoms with Gasteiger partial charge in [-0.3, -0.25) is 4.79 Å². The molecule has 2 aromatic carbocycles. The minimum absolute atomic E-state index is 0.164. The van der Waals surface area contributed by atoms with E-state index in [-0.39, 0.29) is 19.0 Å². The number of fused-ring (bicyclic) bond motifs is 1. The first-order valence-corrected chi connectivity index (χ1v) is 9.53. The number of carbonyl (C=O) groups is 1. The SMILES string of the molecule is Cc1cccc2c1cc(C1=NC(CNC(=O)c3ccc(C#N)cc3)ON1)n2CCF. The summed E-state index contributed by atoms with van der Waals surface area (Å²) in [4.78, 5) is 22.3. The predicted molar refractivity (Wildman–Crippen MR) is 111 cm³/mol. The molecule has 1 aromatic heterocycles. The van der Waals surface area contributed by atoms with Gasteiger partial charge in [-0.15, -0.1) is 0 Å². The van der Waals surface area contributed by atoms with Gasteiger partial charge in [-0.25, -0.2) is 19.7 Å². The van der Waals surface area contributed by atoms with Gasteiger partial charge in [-0.1, -0.05) is 12.1 Å². The lowest BCUT2D eigenvalue weighted by Crippen LogP contribution is -2.32. The number of alkyl halides is 1. The summed E-state index contributed by atoms with van der Waals surface area (Å²) in [6.07, 6.45) is -0.611. The number of nitrogens with one attached hydrogen (secondary N) is 2. The van der Waals surface area contributed by atoms with Crippen LogP contribution in [0.25, 0.3) is 10.9 Å². The summed E-state index contributed by atoms with van der Waals surface area (Å²) in [6, 6.07) is 16.2. The number of aromatic nitrogens is 1. The number of aryl methyl sites for hydroxylation is 2. The van der Waals surface area contributed by atoms with E-state index in [1.54, 1.807) is 24.3 Å². The number of rotatable bonds is 6. The molecule has 0 aliphatic carbocycles. The lowest BCUT2D eigenvalue weighted by Gasteiger charge is -2.08. The second-order valence-electron chi connectivity index (χ2n) is 6.93. The third-order valence-corrected chi connectivity index (χ3v) is 4.99. The maximum Gasteiger partial charge on any atom is 0.251 e. The Hall–Kier alpha value is -3.70. The number of hydrogen-bond acceptors (Lipinski definition) is 5. The highest BCUT2D eigenvalue weighted by molar-refractivity contribution is 6.03. The molecule has 0 radical (unpaired) electrons. The largest absolute Gasteiger partial charge is 0.347 e. The van der Waals surface area contributed by atoms with Crippen molar-refractivity contribution in [3.8, 4) is 6.07 Å². The molecule has 0 spiro atoms. The Balaban J connectivity index is 1.50. The van der Waals surface area contributed by atoms with Crippen molar-refractivity contribution >= 4 is 22.6 Å². The monoisotopic (exact) mass is 405 g/mol. The minimum Gasteiger partial charge on any atom is -0.347 e. The molecule has 3 aromatic rings. The van der Waals surface area contributed by atoms with Crippen molar-refractivity contribution in [3.05, 3.63) is 70.9 Å². The molecule has 30 heavy (non-hydrogen) atoms. The van der Waals surface area contributed by atoms with Crippen molar-refractivity contribution in [3.63, 3.8) is 0 Å². The third-order valence-electron chi connectivity index (χ3n) is 4.99. The van der Waals surface area contributed by atoms with Crippen LogP contribution >= 0.6 is 0 Å². The van der Waals surface area contributed by atoms with E-state index in [0.717, 1.165) is 22.2 Å². The van der Waals surface area contributed by atoms with Crippen molar-refractivity contribution in [2.75, 3.05) is 13.2 Å². The van der Waals surface area contributed by atoms with Crippen LogP contribution in [0.1, 0.15) is 27.2 Å². The molecule has 1 atom stereocenters. The normalized spacial score (nSPS) is 15.5. The molecule has 8 heteroatoms. The number of aliphatic imine (C=N–C) groups is 1. The summed E-state index contributed by atoms with van der Waals surface area (Å²) in [5.41, 5.74) is 6.50. The highest BCUT2D eigenvalue weighted by Gasteiger charge is 2.23. The predicted octanol–water partition coefficient (Wildman–Crippen LogP) is 2.83. The zero-order valence-corrected chi connectivity index (χ0v) is 16.4. The first-order chi connectivity index (χ1) is 14.6. The van der Waals surface area contributed by atoms with E-state index in [4.69, 9.17) is 10.1 Å². The Morgan fingerprint density at radius 1 is 1.33 bits per heavy atom. The molecule has 1 unspecified atom stereocenters. The minimum atomic E-state index is -0.611. The number of amides is 1. The molecule has 1 amide bonds. The molecule has 0 fully saturated rings. The quantitative estimate of drug-likeness (QED) is 0.660. The second kappa shape index (κ2) is 8.35. The first-order valence-electron chi connectivity index (χ1n) is 9.53. The van der Waals surface area contributed by atoms with Gasteiger partial charge in [0.15, 0.2) is 12.1 Å². The Morgan fingerprint density at radius 3 is 2.87 bits per heavy atom. The van der Waals surface area contributed by atoms with Gasteiger partial charge in [0.05, 0.1) is 30.4 Å². The van der Waals surface area contributed by atoms with Crippen molar-refractivity contribution in [1.82, 2.24) is 15.4 Å². The van der Waals surface area contributed by atoms with Gasteiger partial charge in [0, 0.05) is 16.5 Å². The molecule has 2 heterocycles. The van der Waals surface area contributed by atoms with E-state index >= 15 is 0 Å². The number of carbonyl (C=O) groups excluding carboxylic acids is 1. The van der Waals surface area contributed by atoms with Gasteiger partial charge in [0.1, 0.15) is 6.67 Å². The van der Waals surface area contributed by atoms with E-state index in [1.165, 1.54) is 0 Å². The van der Waals surface area contributed by atoms with E-state index in [0.29, 0.717) is 17.0 Å². The van der Waals surface area contributed by atoms with Crippen LogP contribution in [0, 0.1) is 18.3 Å². The first kappa shape index (κ1) is 19.6. The van der Waals surface area contributed by atoms with Crippen LogP contribution in [-0.2, 0) is 11.4 Å². The van der Waals surface area contributed by atoms with E-state index in [2.05, 4.69) is 15.8 Å². The molecule has 7 nitrogen and oxygen atoms in total. The number of benzene rings is 2. The Morgan fingerprint density at radius 2 is 2.13 bits per heavy atom. The summed E-state index contributed by atoms with van der Waals surface area (Å²) in [6.45, 7) is 1.89. The summed E-state index contributed by atoms with van der Waals surface area (Å²) in [5.74, 6) is 0.213. The lowest BCUT2D eigenvalue weighted by molar-refractivity contribution is 0.0377. The Kier molecular flexibility index (Phi) is 5.46. The molecule has 0 saturated heterocycles. The number of nitrogens with zero attached hydrogens (tertiary/aromatic N) is 3. The van der Waals surface area contributed by atoms with Crippen molar-refractivity contribution in [1.29, 1.82) is 5.26 Å². The highest BCUT2D eigenvalue weighted by atomic mass is 19.1. The maximum absolute atomic E-state index is 13.2. The van der Waals surface area contributed by atoms with Crippen LogP contribution in [0.15, 0.2) is 53.5 Å². The summed E-state index contributed by atoms with van der Waals surface area (Å²) < 4.78 is 15.0. The van der Waals surface area contributed by atoms with Gasteiger partial charge in [0.25, 0.3) is 5.91 Å². The molecule has 1 aliphatic rings. The van der Waals surface area contributed by atoms with Gasteiger partial charge in [-0.2, -0.15) is 5.26 Å². The Bertz CT molecular complexity index is 1160. The topological polar surface area (TPSA) is 91.4 Å². The average Bonchev–Trinajstić information content (AvgIpc) is 3.38. The molecule has 0 saturated carbocycles. The molecular weight excluding hydrogens is 385 g/mol. The summed E-state index contributed by atoms with van der Waals surface area (Å²) >= 11 is 0. The standard InChI is InChI=1S/C22H20FN5O2/c1-14-3-2-4-18-17(14)11-19(28(18)10-9-23)21-26-20(30-27-21)13-25-22(29)16-7-5-15(12-24)6-8-16/h2-8,11,20H,9-10,13H2,1H3,(H,25,29)(H,26,27). The van der Waals surface area contributed by atoms with Crippen LogP contribution in [0.5, 0.6) is 0 Å². The van der Waals surface area contributed by atoms with Gasteiger partial charge in [-0.05, 0) is 48.9 Å². The van der Waals surface area contributed by atoms with Crippen molar-refractivity contribution < 1.29 is 14.0 Å². The van der Waals surface area contributed by atoms with Crippen molar-refractivity contribution in [2.45, 2.75) is 19.7 Å². The van der Waals surface area contributed by atoms with Crippen LogP contribution in [0.3, 0.4) is 0 Å². The molecule has 2 N–H and O–H groups in total. The van der Waals surface area contributed by atoms with Gasteiger partial charge < -0.3 is 9.88 Å². The smallest absolute Gasteiger partial charge is 0.251 e. The number of halogens is 1. The fourth-order valence-corrected chi connectivity index (χ4v) is 3.46. The van der Waals surface area contributed by atoms with E-state index in [1.807, 2.05) is 41.8 Å². The second-order valence-corrected chi connectivity index (χ2v) is 6.93. The molecule has 4 rings (SSSR count). The van der Waals surface area contributed by atoms with Gasteiger partial charge in [0.2, 0.25) is 0 Å². The lowest BCUT2D eigenvalue weighted by atomic mass is 10.1. The molecular formula is C22H20FN5O2. The molecule has 1 aliphatic heterocycles. The number of hydrogen-bond donors (Lipinski definition) is 2. The van der Waals surface area contributed by atoms with Crippen LogP contribution in [0.2, 0.25) is 0 Å². The summed E-state index contributed by atoms with van der Waals surface area (Å²) in [7, 11) is 0. The van der Waals surface area contributed by atoms with Crippen LogP contribution in [-0.4, -0.2) is 35.8 Å². The number of hydroxylamine groups is 1. The van der Waals surface area contributed by atoms with Crippen molar-refractivity contribution in [2.24, 2.45) is 4.99 Å². The number of amidine groups is 1. The Labute approximate surface area is 172 Å². The molecule has 0 bridgehead atoms. The summed E-state index contributed by atoms with van der Waals surface area (Å²) in [5, 5.41) is 12.6. The fourth-order valence-electron chi connectivity index (χ4n) is 3.46. The zero-order chi connectivity index (χ0) is 21.1. The highest BCUT2D eigenvalue weighted by Crippen LogP contribution is 2.24. The zero-order valence-electron chi connectivity index (χ0n) is 16.4.